The summed E-state index contributed by atoms with van der Waals surface area (Å²) >= 11 is 1.71. The van der Waals surface area contributed by atoms with E-state index in [4.69, 9.17) is 0 Å². The summed E-state index contributed by atoms with van der Waals surface area (Å²) in [5.74, 6) is 0. The Hall–Kier alpha value is -0.670. The number of nitrogens with one attached hydrogen (secondary N) is 1. The van der Waals surface area contributed by atoms with Gasteiger partial charge in [0.2, 0.25) is 0 Å². The Morgan fingerprint density at radius 3 is 3.00 bits per heavy atom. The Morgan fingerprint density at radius 1 is 1.71 bits per heavy atom. The average Bonchev–Trinajstić information content (AvgIpc) is 2.58. The van der Waals surface area contributed by atoms with Gasteiger partial charge in [0.25, 0.3) is 0 Å². The van der Waals surface area contributed by atoms with Gasteiger partial charge in [-0.05, 0) is 19.9 Å². The first-order valence-corrected chi connectivity index (χ1v) is 5.91. The first-order chi connectivity index (χ1) is 6.76. The maximum absolute atomic E-state index is 4.44. The lowest BCUT2D eigenvalue weighted by Crippen LogP contribution is -2.29. The van der Waals surface area contributed by atoms with E-state index in [9.17, 15) is 0 Å². The van der Waals surface area contributed by atoms with E-state index in [1.54, 1.807) is 11.3 Å². The predicted molar refractivity (Wildman–Crippen MR) is 62.8 cm³/mol. The van der Waals surface area contributed by atoms with Crippen LogP contribution in [0, 0.1) is 6.92 Å². The molecule has 0 saturated carbocycles. The molecule has 0 aliphatic rings. The van der Waals surface area contributed by atoms with Crippen molar-refractivity contribution in [1.82, 2.24) is 10.3 Å². The van der Waals surface area contributed by atoms with Crippen molar-refractivity contribution in [3.63, 3.8) is 0 Å². The minimum absolute atomic E-state index is 0.358. The number of hydrogen-bond donors (Lipinski definition) is 1. The van der Waals surface area contributed by atoms with E-state index in [-0.39, 0.29) is 0 Å². The van der Waals surface area contributed by atoms with E-state index >= 15 is 0 Å². The van der Waals surface area contributed by atoms with Gasteiger partial charge in [-0.3, -0.25) is 0 Å². The van der Waals surface area contributed by atoms with Gasteiger partial charge in [-0.15, -0.1) is 17.9 Å². The molecule has 2 nitrogen and oxygen atoms in total. The van der Waals surface area contributed by atoms with Crippen molar-refractivity contribution in [2.45, 2.75) is 32.7 Å². The van der Waals surface area contributed by atoms with Crippen LogP contribution in [-0.2, 0) is 6.42 Å². The normalized spacial score (nSPS) is 12.7. The van der Waals surface area contributed by atoms with Gasteiger partial charge < -0.3 is 5.32 Å². The van der Waals surface area contributed by atoms with Crippen LogP contribution in [0.15, 0.2) is 18.0 Å². The van der Waals surface area contributed by atoms with Gasteiger partial charge in [0.05, 0.1) is 10.7 Å². The zero-order chi connectivity index (χ0) is 10.4. The minimum atomic E-state index is 0.358. The highest BCUT2D eigenvalue weighted by Crippen LogP contribution is 2.10. The van der Waals surface area contributed by atoms with E-state index in [0.29, 0.717) is 6.04 Å². The average molecular weight is 210 g/mol. The van der Waals surface area contributed by atoms with Gasteiger partial charge in [-0.2, -0.15) is 0 Å². The van der Waals surface area contributed by atoms with Crippen molar-refractivity contribution in [2.24, 2.45) is 0 Å². The predicted octanol–water partition coefficient (Wildman–Crippen LogP) is 2.55. The highest BCUT2D eigenvalue weighted by atomic mass is 32.1. The van der Waals surface area contributed by atoms with Gasteiger partial charge in [0, 0.05) is 17.8 Å². The van der Waals surface area contributed by atoms with E-state index in [2.05, 4.69) is 29.2 Å². The third-order valence-electron chi connectivity index (χ3n) is 2.04. The van der Waals surface area contributed by atoms with Crippen LogP contribution in [0.5, 0.6) is 0 Å². The fourth-order valence-electron chi connectivity index (χ4n) is 1.30. The summed E-state index contributed by atoms with van der Waals surface area (Å²) in [5.41, 5.74) is 1.17. The second-order valence-electron chi connectivity index (χ2n) is 3.36. The molecule has 0 aliphatic carbocycles. The molecule has 0 spiro atoms. The van der Waals surface area contributed by atoms with Crippen molar-refractivity contribution < 1.29 is 0 Å². The molecule has 0 radical (unpaired) electrons. The monoisotopic (exact) mass is 210 g/mol. The Morgan fingerprint density at radius 2 is 2.50 bits per heavy atom. The van der Waals surface area contributed by atoms with Crippen molar-refractivity contribution in [3.8, 4) is 0 Å². The number of rotatable bonds is 6. The minimum Gasteiger partial charge on any atom is -0.310 e. The lowest BCUT2D eigenvalue weighted by atomic mass is 10.1. The Labute approximate surface area is 90.1 Å². The molecule has 0 fully saturated rings. The quantitative estimate of drug-likeness (QED) is 0.730. The van der Waals surface area contributed by atoms with Crippen LogP contribution in [-0.4, -0.2) is 17.6 Å². The molecule has 1 rings (SSSR count). The summed E-state index contributed by atoms with van der Waals surface area (Å²) in [4.78, 5) is 4.44. The third-order valence-corrected chi connectivity index (χ3v) is 2.86. The Balaban J connectivity index is 2.43. The number of aryl methyl sites for hydroxylation is 1. The van der Waals surface area contributed by atoms with Crippen molar-refractivity contribution >= 4 is 11.3 Å². The van der Waals surface area contributed by atoms with Crippen molar-refractivity contribution in [1.29, 1.82) is 0 Å². The number of thiazole rings is 1. The zero-order valence-electron chi connectivity index (χ0n) is 8.92. The van der Waals surface area contributed by atoms with Crippen molar-refractivity contribution in [2.75, 3.05) is 6.54 Å². The van der Waals surface area contributed by atoms with E-state index in [1.165, 1.54) is 5.69 Å². The Kier molecular flexibility index (Phi) is 4.84. The fourth-order valence-corrected chi connectivity index (χ4v) is 1.92. The van der Waals surface area contributed by atoms with Crippen LogP contribution in [0.4, 0.5) is 0 Å². The van der Waals surface area contributed by atoms with E-state index < -0.39 is 0 Å². The summed E-state index contributed by atoms with van der Waals surface area (Å²) in [6, 6.07) is 0.358. The molecule has 1 unspecified atom stereocenters. The summed E-state index contributed by atoms with van der Waals surface area (Å²) in [6.45, 7) is 9.08. The molecule has 0 amide bonds. The van der Waals surface area contributed by atoms with Gasteiger partial charge in [0.1, 0.15) is 0 Å². The second-order valence-corrected chi connectivity index (χ2v) is 4.42. The smallest absolute Gasteiger partial charge is 0.0897 e. The maximum atomic E-state index is 4.44. The van der Waals surface area contributed by atoms with Gasteiger partial charge in [-0.1, -0.05) is 13.0 Å². The standard InChI is InChI=1S/C11H18N2S/c1-4-6-12-10(5-2)7-11-8-14-9(3)13-11/h5,8,10,12H,2,4,6-7H2,1,3H3. The molecular formula is C11H18N2S. The van der Waals surface area contributed by atoms with Crippen molar-refractivity contribution in [3.05, 3.63) is 28.7 Å². The molecule has 1 heterocycles. The molecule has 78 valence electrons. The van der Waals surface area contributed by atoms with Crippen LogP contribution < -0.4 is 5.32 Å². The molecule has 1 N–H and O–H groups in total. The number of aromatic nitrogens is 1. The van der Waals surface area contributed by atoms with Crippen LogP contribution in [0.25, 0.3) is 0 Å². The number of nitrogens with zero attached hydrogens (tertiary/aromatic N) is 1. The largest absolute Gasteiger partial charge is 0.310 e. The maximum Gasteiger partial charge on any atom is 0.0897 e. The number of hydrogen-bond acceptors (Lipinski definition) is 3. The molecule has 3 heteroatoms. The molecule has 0 aliphatic heterocycles. The first-order valence-electron chi connectivity index (χ1n) is 5.03. The van der Waals surface area contributed by atoms with Crippen LogP contribution in [0.1, 0.15) is 24.0 Å². The summed E-state index contributed by atoms with van der Waals surface area (Å²) < 4.78 is 0. The molecule has 0 aromatic carbocycles. The third kappa shape index (κ3) is 3.60. The molecule has 14 heavy (non-hydrogen) atoms. The lowest BCUT2D eigenvalue weighted by molar-refractivity contribution is 0.581. The van der Waals surface area contributed by atoms with Crippen LogP contribution in [0.3, 0.4) is 0 Å². The topological polar surface area (TPSA) is 24.9 Å². The molecule has 1 atom stereocenters. The second kappa shape index (κ2) is 5.94. The Bertz CT molecular complexity index is 281. The highest BCUT2D eigenvalue weighted by Gasteiger charge is 2.06. The van der Waals surface area contributed by atoms with Crippen LogP contribution >= 0.6 is 11.3 Å². The van der Waals surface area contributed by atoms with Crippen LogP contribution in [0.2, 0.25) is 0 Å². The zero-order valence-corrected chi connectivity index (χ0v) is 9.73. The molecule has 1 aromatic heterocycles. The van der Waals surface area contributed by atoms with E-state index in [0.717, 1.165) is 24.4 Å². The fraction of sp³-hybridized carbons (Fsp3) is 0.545. The molecular weight excluding hydrogens is 192 g/mol. The summed E-state index contributed by atoms with van der Waals surface area (Å²) in [6.07, 6.45) is 4.07. The van der Waals surface area contributed by atoms with E-state index in [1.807, 2.05) is 13.0 Å². The highest BCUT2D eigenvalue weighted by molar-refractivity contribution is 7.09. The SMILES string of the molecule is C=CC(Cc1csc(C)n1)NCCC. The lowest BCUT2D eigenvalue weighted by Gasteiger charge is -2.12. The summed E-state index contributed by atoms with van der Waals surface area (Å²) in [5, 5.41) is 6.69. The van der Waals surface area contributed by atoms with Gasteiger partial charge in [-0.25, -0.2) is 4.98 Å². The molecule has 1 aromatic rings. The molecule has 0 bridgehead atoms. The van der Waals surface area contributed by atoms with Gasteiger partial charge >= 0.3 is 0 Å². The summed E-state index contributed by atoms with van der Waals surface area (Å²) in [7, 11) is 0. The first kappa shape index (κ1) is 11.4. The van der Waals surface area contributed by atoms with Gasteiger partial charge in [0.15, 0.2) is 0 Å². The molecule has 0 saturated heterocycles.